The van der Waals surface area contributed by atoms with Crippen LogP contribution in [0.1, 0.15) is 32.4 Å². The molecule has 1 aromatic heterocycles. The molecule has 0 aliphatic rings. The largest absolute Gasteiger partial charge is 0.353 e. The fourth-order valence-corrected chi connectivity index (χ4v) is 1.55. The van der Waals surface area contributed by atoms with Crippen LogP contribution in [0.2, 0.25) is 0 Å². The first-order valence-electron chi connectivity index (χ1n) is 5.51. The Hall–Kier alpha value is -1.25. The molecule has 0 spiro atoms. The first-order chi connectivity index (χ1) is 7.15. The quantitative estimate of drug-likeness (QED) is 0.728. The standard InChI is InChI=1S/C12H20N2O/c1-4-5-9-14(11(2)15)10-12-7-6-8-13(12)3/h6-8H,4-5,9-10H2,1-3H3. The highest BCUT2D eigenvalue weighted by molar-refractivity contribution is 5.73. The molecular formula is C12H20N2O. The maximum absolute atomic E-state index is 11.4. The summed E-state index contributed by atoms with van der Waals surface area (Å²) in [6.07, 6.45) is 4.20. The first-order valence-corrected chi connectivity index (χ1v) is 5.51. The van der Waals surface area contributed by atoms with Gasteiger partial charge in [0.2, 0.25) is 5.91 Å². The van der Waals surface area contributed by atoms with E-state index < -0.39 is 0 Å². The van der Waals surface area contributed by atoms with Crippen molar-refractivity contribution in [1.29, 1.82) is 0 Å². The summed E-state index contributed by atoms with van der Waals surface area (Å²) in [5.74, 6) is 0.157. The van der Waals surface area contributed by atoms with Crippen molar-refractivity contribution in [3.8, 4) is 0 Å². The monoisotopic (exact) mass is 208 g/mol. The zero-order valence-electron chi connectivity index (χ0n) is 9.86. The number of rotatable bonds is 5. The van der Waals surface area contributed by atoms with Gasteiger partial charge in [0.15, 0.2) is 0 Å². The Morgan fingerprint density at radius 2 is 2.27 bits per heavy atom. The highest BCUT2D eigenvalue weighted by atomic mass is 16.2. The molecule has 3 heteroatoms. The summed E-state index contributed by atoms with van der Waals surface area (Å²) in [6.45, 7) is 5.36. The van der Waals surface area contributed by atoms with Crippen LogP contribution in [0.25, 0.3) is 0 Å². The number of nitrogens with zero attached hydrogens (tertiary/aromatic N) is 2. The van der Waals surface area contributed by atoms with Gasteiger partial charge in [0.05, 0.1) is 6.54 Å². The van der Waals surface area contributed by atoms with Gasteiger partial charge in [0.1, 0.15) is 0 Å². The Morgan fingerprint density at radius 3 is 2.73 bits per heavy atom. The minimum Gasteiger partial charge on any atom is -0.353 e. The summed E-state index contributed by atoms with van der Waals surface area (Å²) in [4.78, 5) is 13.3. The number of aromatic nitrogens is 1. The number of hydrogen-bond donors (Lipinski definition) is 0. The van der Waals surface area contributed by atoms with Crippen LogP contribution >= 0.6 is 0 Å². The molecule has 0 aliphatic carbocycles. The Morgan fingerprint density at radius 1 is 1.53 bits per heavy atom. The number of carbonyl (C=O) groups excluding carboxylic acids is 1. The molecule has 1 aromatic rings. The zero-order valence-corrected chi connectivity index (χ0v) is 9.86. The van der Waals surface area contributed by atoms with E-state index in [2.05, 4.69) is 17.6 Å². The lowest BCUT2D eigenvalue weighted by molar-refractivity contribution is -0.129. The minimum absolute atomic E-state index is 0.157. The Balaban J connectivity index is 2.59. The number of carbonyl (C=O) groups is 1. The Bertz CT molecular complexity index is 317. The van der Waals surface area contributed by atoms with Gasteiger partial charge in [-0.15, -0.1) is 0 Å². The minimum atomic E-state index is 0.157. The second-order valence-corrected chi connectivity index (χ2v) is 3.90. The van der Waals surface area contributed by atoms with Crippen molar-refractivity contribution in [2.24, 2.45) is 7.05 Å². The maximum Gasteiger partial charge on any atom is 0.219 e. The molecule has 0 atom stereocenters. The van der Waals surface area contributed by atoms with E-state index in [0.29, 0.717) is 0 Å². The summed E-state index contributed by atoms with van der Waals surface area (Å²) in [7, 11) is 2.01. The lowest BCUT2D eigenvalue weighted by Crippen LogP contribution is -2.29. The summed E-state index contributed by atoms with van der Waals surface area (Å²) < 4.78 is 2.06. The fourth-order valence-electron chi connectivity index (χ4n) is 1.55. The highest BCUT2D eigenvalue weighted by Gasteiger charge is 2.09. The molecule has 0 N–H and O–H groups in total. The zero-order chi connectivity index (χ0) is 11.3. The van der Waals surface area contributed by atoms with Gasteiger partial charge in [-0.1, -0.05) is 13.3 Å². The lowest BCUT2D eigenvalue weighted by Gasteiger charge is -2.21. The second kappa shape index (κ2) is 5.59. The molecule has 0 aromatic carbocycles. The normalized spacial score (nSPS) is 10.3. The van der Waals surface area contributed by atoms with Crippen LogP contribution < -0.4 is 0 Å². The van der Waals surface area contributed by atoms with Crippen molar-refractivity contribution >= 4 is 5.91 Å². The molecule has 0 bridgehead atoms. The summed E-state index contributed by atoms with van der Waals surface area (Å²) in [5.41, 5.74) is 1.18. The molecule has 0 saturated carbocycles. The van der Waals surface area contributed by atoms with E-state index in [1.165, 1.54) is 5.69 Å². The van der Waals surface area contributed by atoms with Gasteiger partial charge in [-0.05, 0) is 18.6 Å². The lowest BCUT2D eigenvalue weighted by atomic mass is 10.3. The van der Waals surface area contributed by atoms with Crippen LogP contribution in [0.15, 0.2) is 18.3 Å². The third-order valence-electron chi connectivity index (χ3n) is 2.63. The van der Waals surface area contributed by atoms with Gasteiger partial charge < -0.3 is 9.47 Å². The van der Waals surface area contributed by atoms with Gasteiger partial charge in [0.25, 0.3) is 0 Å². The van der Waals surface area contributed by atoms with Gasteiger partial charge in [-0.2, -0.15) is 0 Å². The topological polar surface area (TPSA) is 25.2 Å². The van der Waals surface area contributed by atoms with E-state index in [9.17, 15) is 4.79 Å². The molecule has 0 saturated heterocycles. The SMILES string of the molecule is CCCCN(Cc1cccn1C)C(C)=O. The number of hydrogen-bond acceptors (Lipinski definition) is 1. The third kappa shape index (κ3) is 3.42. The van der Waals surface area contributed by atoms with Crippen LogP contribution in [0, 0.1) is 0 Å². The predicted molar refractivity (Wildman–Crippen MR) is 61.4 cm³/mol. The maximum atomic E-state index is 11.4. The van der Waals surface area contributed by atoms with E-state index in [4.69, 9.17) is 0 Å². The number of amides is 1. The van der Waals surface area contributed by atoms with Crippen molar-refractivity contribution in [3.63, 3.8) is 0 Å². The third-order valence-corrected chi connectivity index (χ3v) is 2.63. The van der Waals surface area contributed by atoms with E-state index in [-0.39, 0.29) is 5.91 Å². The van der Waals surface area contributed by atoms with Crippen molar-refractivity contribution in [3.05, 3.63) is 24.0 Å². The van der Waals surface area contributed by atoms with E-state index in [0.717, 1.165) is 25.9 Å². The summed E-state index contributed by atoms with van der Waals surface area (Å²) in [6, 6.07) is 4.06. The Labute approximate surface area is 91.7 Å². The predicted octanol–water partition coefficient (Wildman–Crippen LogP) is 2.17. The average molecular weight is 208 g/mol. The Kier molecular flexibility index (Phi) is 4.40. The number of unbranched alkanes of at least 4 members (excludes halogenated alkanes) is 1. The molecule has 3 nitrogen and oxygen atoms in total. The van der Waals surface area contributed by atoms with Crippen molar-refractivity contribution in [1.82, 2.24) is 9.47 Å². The molecule has 0 aliphatic heterocycles. The molecule has 1 amide bonds. The first kappa shape index (κ1) is 11.8. The average Bonchev–Trinajstić information content (AvgIpc) is 2.58. The van der Waals surface area contributed by atoms with Gasteiger partial charge >= 0.3 is 0 Å². The molecule has 1 heterocycles. The molecule has 0 radical (unpaired) electrons. The molecule has 15 heavy (non-hydrogen) atoms. The summed E-state index contributed by atoms with van der Waals surface area (Å²) >= 11 is 0. The van der Waals surface area contributed by atoms with Crippen LogP contribution in [-0.4, -0.2) is 21.9 Å². The van der Waals surface area contributed by atoms with Gasteiger partial charge in [0, 0.05) is 32.4 Å². The molecule has 0 unspecified atom stereocenters. The van der Waals surface area contributed by atoms with Crippen molar-refractivity contribution in [2.75, 3.05) is 6.54 Å². The van der Waals surface area contributed by atoms with Gasteiger partial charge in [-0.25, -0.2) is 0 Å². The molecule has 1 rings (SSSR count). The highest BCUT2D eigenvalue weighted by Crippen LogP contribution is 2.06. The van der Waals surface area contributed by atoms with Crippen molar-refractivity contribution in [2.45, 2.75) is 33.2 Å². The second-order valence-electron chi connectivity index (χ2n) is 3.90. The number of aryl methyl sites for hydroxylation is 1. The van der Waals surface area contributed by atoms with E-state index in [1.807, 2.05) is 24.2 Å². The van der Waals surface area contributed by atoms with E-state index in [1.54, 1.807) is 6.92 Å². The van der Waals surface area contributed by atoms with Gasteiger partial charge in [-0.3, -0.25) is 4.79 Å². The van der Waals surface area contributed by atoms with Crippen LogP contribution in [0.5, 0.6) is 0 Å². The van der Waals surface area contributed by atoms with Crippen molar-refractivity contribution < 1.29 is 4.79 Å². The smallest absolute Gasteiger partial charge is 0.219 e. The van der Waals surface area contributed by atoms with Crippen LogP contribution in [0.4, 0.5) is 0 Å². The van der Waals surface area contributed by atoms with Crippen LogP contribution in [0.3, 0.4) is 0 Å². The molecule has 84 valence electrons. The van der Waals surface area contributed by atoms with Crippen LogP contribution in [-0.2, 0) is 18.4 Å². The fraction of sp³-hybridized carbons (Fsp3) is 0.583. The van der Waals surface area contributed by atoms with E-state index >= 15 is 0 Å². The summed E-state index contributed by atoms with van der Waals surface area (Å²) in [5, 5.41) is 0. The molecular weight excluding hydrogens is 188 g/mol. The molecule has 0 fully saturated rings.